The van der Waals surface area contributed by atoms with Gasteiger partial charge < -0.3 is 25.3 Å². The Morgan fingerprint density at radius 3 is 2.75 bits per heavy atom. The molecule has 3 aromatic rings. The number of aromatic amines is 1. The van der Waals surface area contributed by atoms with Crippen LogP contribution in [0.25, 0.3) is 22.6 Å². The van der Waals surface area contributed by atoms with Crippen molar-refractivity contribution < 1.29 is 9.53 Å². The lowest BCUT2D eigenvalue weighted by molar-refractivity contribution is -0.122. The summed E-state index contributed by atoms with van der Waals surface area (Å²) >= 11 is 6.52. The van der Waals surface area contributed by atoms with E-state index >= 15 is 0 Å². The van der Waals surface area contributed by atoms with Crippen molar-refractivity contribution >= 4 is 34.4 Å². The molecule has 1 fully saturated rings. The molecule has 3 N–H and O–H groups in total. The van der Waals surface area contributed by atoms with Gasteiger partial charge in [0.25, 0.3) is 5.91 Å². The number of nitrogens with one attached hydrogen (secondary N) is 3. The zero-order chi connectivity index (χ0) is 22.8. The fourth-order valence-electron chi connectivity index (χ4n) is 4.18. The second kappa shape index (κ2) is 9.34. The molecule has 3 heterocycles. The number of hydrogen-bond donors (Lipinski definition) is 3. The second-order valence-corrected chi connectivity index (χ2v) is 8.60. The van der Waals surface area contributed by atoms with Crippen LogP contribution in [0.3, 0.4) is 0 Å². The van der Waals surface area contributed by atoms with Gasteiger partial charge >= 0.3 is 0 Å². The summed E-state index contributed by atoms with van der Waals surface area (Å²) in [4.78, 5) is 26.5. The minimum absolute atomic E-state index is 0.0176. The number of imidazole rings is 1. The van der Waals surface area contributed by atoms with E-state index in [-0.39, 0.29) is 12.5 Å². The zero-order valence-corrected chi connectivity index (χ0v) is 19.6. The molecule has 32 heavy (non-hydrogen) atoms. The standard InChI is InChI=1S/C23H29ClN6O2/c1-5-30-7-6-16(11-30)27-19-17(24)10-26-23-20(19)28-22(29-23)15-8-13(2)21(14(3)9-15)32-12-18(31)25-4/h8-10,16H,5-7,11-12H2,1-4H3,(H,25,31)(H2,26,27,28,29). The molecule has 1 aromatic carbocycles. The van der Waals surface area contributed by atoms with E-state index in [1.165, 1.54) is 0 Å². The summed E-state index contributed by atoms with van der Waals surface area (Å²) in [6.45, 7) is 9.21. The highest BCUT2D eigenvalue weighted by atomic mass is 35.5. The Morgan fingerprint density at radius 2 is 2.09 bits per heavy atom. The number of ether oxygens (including phenoxy) is 1. The number of rotatable bonds is 7. The molecule has 4 rings (SSSR count). The van der Waals surface area contributed by atoms with Gasteiger partial charge in [-0.3, -0.25) is 4.79 Å². The van der Waals surface area contributed by atoms with E-state index in [1.54, 1.807) is 13.2 Å². The molecule has 1 aliphatic rings. The van der Waals surface area contributed by atoms with Crippen molar-refractivity contribution in [3.63, 3.8) is 0 Å². The number of likely N-dealkylation sites (N-methyl/N-ethyl adjacent to an activating group) is 2. The molecule has 1 atom stereocenters. The number of benzene rings is 1. The van der Waals surface area contributed by atoms with Crippen LogP contribution in [0, 0.1) is 13.8 Å². The van der Waals surface area contributed by atoms with Crippen molar-refractivity contribution in [1.82, 2.24) is 25.2 Å². The number of anilines is 1. The van der Waals surface area contributed by atoms with Crippen molar-refractivity contribution in [2.75, 3.05) is 38.6 Å². The van der Waals surface area contributed by atoms with Crippen LogP contribution in [0.1, 0.15) is 24.5 Å². The van der Waals surface area contributed by atoms with Gasteiger partial charge in [0.1, 0.15) is 17.1 Å². The summed E-state index contributed by atoms with van der Waals surface area (Å²) in [5.74, 6) is 1.25. The van der Waals surface area contributed by atoms with Crippen molar-refractivity contribution in [3.8, 4) is 17.1 Å². The van der Waals surface area contributed by atoms with Crippen molar-refractivity contribution in [2.45, 2.75) is 33.2 Å². The largest absolute Gasteiger partial charge is 0.483 e. The van der Waals surface area contributed by atoms with Crippen LogP contribution in [0.2, 0.25) is 5.02 Å². The lowest BCUT2D eigenvalue weighted by Crippen LogP contribution is -2.26. The van der Waals surface area contributed by atoms with Gasteiger partial charge in [0.2, 0.25) is 0 Å². The number of H-pyrrole nitrogens is 1. The van der Waals surface area contributed by atoms with Gasteiger partial charge in [-0.15, -0.1) is 0 Å². The van der Waals surface area contributed by atoms with E-state index in [9.17, 15) is 4.79 Å². The molecule has 9 heteroatoms. The zero-order valence-electron chi connectivity index (χ0n) is 18.9. The smallest absolute Gasteiger partial charge is 0.257 e. The van der Waals surface area contributed by atoms with Gasteiger partial charge in [0.05, 0.1) is 16.9 Å². The molecule has 0 saturated carbocycles. The fourth-order valence-corrected chi connectivity index (χ4v) is 4.38. The SMILES string of the molecule is CCN1CCC(Nc2c(Cl)cnc3nc(-c4cc(C)c(OCC(=O)NC)c(C)c4)[nH]c23)C1. The third-order valence-corrected chi connectivity index (χ3v) is 6.19. The minimum Gasteiger partial charge on any atom is -0.483 e. The number of halogens is 1. The summed E-state index contributed by atoms with van der Waals surface area (Å²) < 4.78 is 5.71. The molecule has 1 amide bonds. The molecule has 8 nitrogen and oxygen atoms in total. The van der Waals surface area contributed by atoms with E-state index in [0.29, 0.717) is 28.3 Å². The first-order chi connectivity index (χ1) is 15.4. The van der Waals surface area contributed by atoms with E-state index in [4.69, 9.17) is 21.3 Å². The van der Waals surface area contributed by atoms with Crippen LogP contribution < -0.4 is 15.4 Å². The van der Waals surface area contributed by atoms with Crippen molar-refractivity contribution in [1.29, 1.82) is 0 Å². The number of carbonyl (C=O) groups is 1. The van der Waals surface area contributed by atoms with Crippen LogP contribution >= 0.6 is 11.6 Å². The molecule has 2 aromatic heterocycles. The highest BCUT2D eigenvalue weighted by Crippen LogP contribution is 2.34. The molecule has 0 spiro atoms. The summed E-state index contributed by atoms with van der Waals surface area (Å²) in [5, 5.41) is 6.74. The van der Waals surface area contributed by atoms with Crippen LogP contribution in [0.5, 0.6) is 5.75 Å². The first-order valence-corrected chi connectivity index (χ1v) is 11.3. The number of fused-ring (bicyclic) bond motifs is 1. The number of aromatic nitrogens is 3. The molecule has 170 valence electrons. The van der Waals surface area contributed by atoms with Gasteiger partial charge in [-0.05, 0) is 50.1 Å². The fraction of sp³-hybridized carbons (Fsp3) is 0.435. The molecule has 0 aliphatic carbocycles. The number of nitrogens with zero attached hydrogens (tertiary/aromatic N) is 3. The molecule has 1 aliphatic heterocycles. The Bertz CT molecular complexity index is 1120. The molecule has 0 bridgehead atoms. The number of pyridine rings is 1. The van der Waals surface area contributed by atoms with Crippen molar-refractivity contribution in [3.05, 3.63) is 34.5 Å². The average molecular weight is 457 g/mol. The topological polar surface area (TPSA) is 95.2 Å². The predicted octanol–water partition coefficient (Wildman–Crippen LogP) is 3.53. The molecular weight excluding hydrogens is 428 g/mol. The quantitative estimate of drug-likeness (QED) is 0.503. The summed E-state index contributed by atoms with van der Waals surface area (Å²) in [7, 11) is 1.59. The van der Waals surface area contributed by atoms with Gasteiger partial charge in [-0.2, -0.15) is 0 Å². The first kappa shape index (κ1) is 22.4. The summed E-state index contributed by atoms with van der Waals surface area (Å²) in [6.07, 6.45) is 2.72. The molecule has 0 radical (unpaired) electrons. The van der Waals surface area contributed by atoms with Crippen molar-refractivity contribution in [2.24, 2.45) is 0 Å². The van der Waals surface area contributed by atoms with E-state index in [2.05, 4.69) is 32.4 Å². The molecule has 1 saturated heterocycles. The number of amides is 1. The lowest BCUT2D eigenvalue weighted by Gasteiger charge is -2.16. The Morgan fingerprint density at radius 1 is 1.34 bits per heavy atom. The third kappa shape index (κ3) is 4.52. The maximum atomic E-state index is 11.5. The number of likely N-dealkylation sites (tertiary alicyclic amines) is 1. The Labute approximate surface area is 192 Å². The normalized spacial score (nSPS) is 16.5. The lowest BCUT2D eigenvalue weighted by atomic mass is 10.1. The van der Waals surface area contributed by atoms with Gasteiger partial charge in [0.15, 0.2) is 12.3 Å². The van der Waals surface area contributed by atoms with Crippen LogP contribution in [0.4, 0.5) is 5.69 Å². The average Bonchev–Trinajstić information content (AvgIpc) is 3.41. The number of carbonyl (C=O) groups excluding carboxylic acids is 1. The maximum absolute atomic E-state index is 11.5. The Balaban J connectivity index is 1.63. The number of hydrogen-bond acceptors (Lipinski definition) is 6. The summed E-state index contributed by atoms with van der Waals surface area (Å²) in [5.41, 5.74) is 5.05. The van der Waals surface area contributed by atoms with E-state index < -0.39 is 0 Å². The molecular formula is C23H29ClN6O2. The predicted molar refractivity (Wildman–Crippen MR) is 128 cm³/mol. The highest BCUT2D eigenvalue weighted by molar-refractivity contribution is 6.34. The third-order valence-electron chi connectivity index (χ3n) is 5.90. The maximum Gasteiger partial charge on any atom is 0.257 e. The Hall–Kier alpha value is -2.84. The summed E-state index contributed by atoms with van der Waals surface area (Å²) in [6, 6.07) is 4.33. The van der Waals surface area contributed by atoms with Gasteiger partial charge in [-0.25, -0.2) is 9.97 Å². The monoisotopic (exact) mass is 456 g/mol. The van der Waals surface area contributed by atoms with Gasteiger partial charge in [0, 0.05) is 31.7 Å². The highest BCUT2D eigenvalue weighted by Gasteiger charge is 2.23. The van der Waals surface area contributed by atoms with E-state index in [0.717, 1.165) is 53.9 Å². The number of aryl methyl sites for hydroxylation is 2. The van der Waals surface area contributed by atoms with Gasteiger partial charge in [-0.1, -0.05) is 18.5 Å². The van der Waals surface area contributed by atoms with E-state index in [1.807, 2.05) is 26.0 Å². The second-order valence-electron chi connectivity index (χ2n) is 8.19. The van der Waals surface area contributed by atoms with Crippen LogP contribution in [0.15, 0.2) is 18.3 Å². The van der Waals surface area contributed by atoms with Crippen LogP contribution in [-0.4, -0.2) is 65.1 Å². The molecule has 1 unspecified atom stereocenters. The minimum atomic E-state index is -0.169. The van der Waals surface area contributed by atoms with Crippen LogP contribution in [-0.2, 0) is 4.79 Å². The first-order valence-electron chi connectivity index (χ1n) is 10.9. The Kier molecular flexibility index (Phi) is 6.53.